The molecule has 2 rings (SSSR count). The van der Waals surface area contributed by atoms with Crippen LogP contribution < -0.4 is 4.74 Å². The molecule has 1 heterocycles. The average molecular weight is 367 g/mol. The van der Waals surface area contributed by atoms with Crippen molar-refractivity contribution in [2.75, 3.05) is 26.2 Å². The minimum atomic E-state index is -0.610. The molecule has 1 aliphatic heterocycles. The lowest BCUT2D eigenvalue weighted by atomic mass is 10.2. The molecule has 1 saturated heterocycles. The van der Waals surface area contributed by atoms with Gasteiger partial charge in [-0.25, -0.2) is 0 Å². The normalized spacial score (nSPS) is 15.6. The van der Waals surface area contributed by atoms with Crippen molar-refractivity contribution >= 4 is 29.2 Å². The van der Waals surface area contributed by atoms with E-state index >= 15 is 0 Å². The van der Waals surface area contributed by atoms with Gasteiger partial charge in [0, 0.05) is 44.0 Å². The van der Waals surface area contributed by atoms with Crippen LogP contribution in [0.5, 0.6) is 5.75 Å². The first-order chi connectivity index (χ1) is 11.9. The van der Waals surface area contributed by atoms with Crippen LogP contribution in [-0.2, 0) is 14.4 Å². The highest BCUT2D eigenvalue weighted by atomic mass is 35.5. The number of halogens is 1. The number of carbonyl (C=O) groups is 3. The fraction of sp³-hybridized carbons (Fsp3) is 0.500. The van der Waals surface area contributed by atoms with Gasteiger partial charge in [0.25, 0.3) is 5.91 Å². The number of benzene rings is 1. The van der Waals surface area contributed by atoms with Crippen LogP contribution in [0.25, 0.3) is 0 Å². The number of piperazine rings is 1. The molecular weight excluding hydrogens is 344 g/mol. The molecule has 7 heteroatoms. The number of carbonyl (C=O) groups excluding carboxylic acids is 3. The van der Waals surface area contributed by atoms with E-state index in [0.717, 1.165) is 0 Å². The number of Topliss-reactive ketones (excluding diaryl/α,β-unsaturated/α-hetero) is 1. The molecule has 0 saturated carbocycles. The fourth-order valence-electron chi connectivity index (χ4n) is 2.64. The van der Waals surface area contributed by atoms with Crippen molar-refractivity contribution in [3.05, 3.63) is 29.3 Å². The van der Waals surface area contributed by atoms with Crippen molar-refractivity contribution in [3.8, 4) is 5.75 Å². The summed E-state index contributed by atoms with van der Waals surface area (Å²) < 4.78 is 5.66. The Bertz CT molecular complexity index is 624. The van der Waals surface area contributed by atoms with E-state index in [4.69, 9.17) is 16.3 Å². The summed E-state index contributed by atoms with van der Waals surface area (Å²) in [5, 5.41) is 0.608. The Morgan fingerprint density at radius 2 is 1.60 bits per heavy atom. The topological polar surface area (TPSA) is 66.9 Å². The summed E-state index contributed by atoms with van der Waals surface area (Å²) in [6, 6.07) is 6.86. The molecule has 0 spiro atoms. The zero-order chi connectivity index (χ0) is 18.4. The Morgan fingerprint density at radius 3 is 2.16 bits per heavy atom. The molecule has 1 aromatic carbocycles. The van der Waals surface area contributed by atoms with Gasteiger partial charge in [0.1, 0.15) is 11.5 Å². The maximum Gasteiger partial charge on any atom is 0.263 e. The van der Waals surface area contributed by atoms with E-state index in [1.807, 2.05) is 0 Å². The lowest BCUT2D eigenvalue weighted by molar-refractivity contribution is -0.143. The highest BCUT2D eigenvalue weighted by Crippen LogP contribution is 2.17. The van der Waals surface area contributed by atoms with Crippen LogP contribution in [0.1, 0.15) is 26.7 Å². The van der Waals surface area contributed by atoms with E-state index in [1.165, 1.54) is 6.92 Å². The van der Waals surface area contributed by atoms with Crippen LogP contribution >= 0.6 is 11.6 Å². The number of amides is 2. The van der Waals surface area contributed by atoms with Crippen molar-refractivity contribution < 1.29 is 19.1 Å². The van der Waals surface area contributed by atoms with Crippen molar-refractivity contribution in [2.45, 2.75) is 32.8 Å². The smallest absolute Gasteiger partial charge is 0.263 e. The monoisotopic (exact) mass is 366 g/mol. The first-order valence-electron chi connectivity index (χ1n) is 8.35. The SMILES string of the molecule is CC(=O)CCC(=O)N1CCN(C(=O)C(C)Oc2ccc(Cl)cc2)CC1. The summed E-state index contributed by atoms with van der Waals surface area (Å²) in [6.07, 6.45) is -0.107. The van der Waals surface area contributed by atoms with Crippen LogP contribution in [0.2, 0.25) is 5.02 Å². The van der Waals surface area contributed by atoms with E-state index in [-0.39, 0.29) is 30.4 Å². The number of hydrogen-bond acceptors (Lipinski definition) is 4. The third-order valence-corrected chi connectivity index (χ3v) is 4.36. The Balaban J connectivity index is 1.80. The van der Waals surface area contributed by atoms with Gasteiger partial charge in [-0.15, -0.1) is 0 Å². The molecule has 0 radical (unpaired) electrons. The summed E-state index contributed by atoms with van der Waals surface area (Å²) in [7, 11) is 0. The van der Waals surface area contributed by atoms with Crippen molar-refractivity contribution in [1.82, 2.24) is 9.80 Å². The maximum atomic E-state index is 12.5. The quantitative estimate of drug-likeness (QED) is 0.773. The van der Waals surface area contributed by atoms with E-state index in [1.54, 1.807) is 41.0 Å². The Hall–Kier alpha value is -2.08. The van der Waals surface area contributed by atoms with Crippen molar-refractivity contribution in [3.63, 3.8) is 0 Å². The molecule has 1 aliphatic rings. The van der Waals surface area contributed by atoms with Crippen LogP contribution in [0.15, 0.2) is 24.3 Å². The van der Waals surface area contributed by atoms with E-state index in [0.29, 0.717) is 37.0 Å². The lowest BCUT2D eigenvalue weighted by Crippen LogP contribution is -2.53. The lowest BCUT2D eigenvalue weighted by Gasteiger charge is -2.36. The van der Waals surface area contributed by atoms with Crippen molar-refractivity contribution in [1.29, 1.82) is 0 Å². The third kappa shape index (κ3) is 5.74. The molecule has 25 heavy (non-hydrogen) atoms. The first kappa shape index (κ1) is 19.2. The van der Waals surface area contributed by atoms with Gasteiger partial charge < -0.3 is 19.3 Å². The van der Waals surface area contributed by atoms with Crippen LogP contribution in [0, 0.1) is 0 Å². The van der Waals surface area contributed by atoms with Crippen LogP contribution in [0.4, 0.5) is 0 Å². The predicted molar refractivity (Wildman–Crippen MR) is 94.6 cm³/mol. The highest BCUT2D eigenvalue weighted by Gasteiger charge is 2.27. The summed E-state index contributed by atoms with van der Waals surface area (Å²) >= 11 is 5.83. The Morgan fingerprint density at radius 1 is 1.04 bits per heavy atom. The van der Waals surface area contributed by atoms with Crippen LogP contribution in [-0.4, -0.2) is 59.7 Å². The second kappa shape index (κ2) is 8.85. The summed E-state index contributed by atoms with van der Waals surface area (Å²) in [6.45, 7) is 5.09. The molecule has 0 bridgehead atoms. The number of hydrogen-bond donors (Lipinski definition) is 0. The number of ether oxygens (including phenoxy) is 1. The van der Waals surface area contributed by atoms with Gasteiger partial charge in [0.2, 0.25) is 5.91 Å². The van der Waals surface area contributed by atoms with E-state index in [2.05, 4.69) is 0 Å². The Kier molecular flexibility index (Phi) is 6.82. The molecule has 0 N–H and O–H groups in total. The molecule has 0 aromatic heterocycles. The molecule has 136 valence electrons. The molecule has 1 atom stereocenters. The van der Waals surface area contributed by atoms with Gasteiger partial charge in [0.05, 0.1) is 0 Å². The fourth-order valence-corrected chi connectivity index (χ4v) is 2.77. The summed E-state index contributed by atoms with van der Waals surface area (Å²) in [5.74, 6) is 0.456. The third-order valence-electron chi connectivity index (χ3n) is 4.11. The number of rotatable bonds is 6. The molecular formula is C18H23ClN2O4. The predicted octanol–water partition coefficient (Wildman–Crippen LogP) is 2.15. The summed E-state index contributed by atoms with van der Waals surface area (Å²) in [4.78, 5) is 38.9. The molecule has 0 aliphatic carbocycles. The van der Waals surface area contributed by atoms with Gasteiger partial charge in [-0.3, -0.25) is 9.59 Å². The van der Waals surface area contributed by atoms with E-state index in [9.17, 15) is 14.4 Å². The summed E-state index contributed by atoms with van der Waals surface area (Å²) in [5.41, 5.74) is 0. The number of nitrogens with zero attached hydrogens (tertiary/aromatic N) is 2. The molecule has 1 unspecified atom stereocenters. The largest absolute Gasteiger partial charge is 0.481 e. The average Bonchev–Trinajstić information content (AvgIpc) is 2.61. The van der Waals surface area contributed by atoms with Gasteiger partial charge >= 0.3 is 0 Å². The molecule has 6 nitrogen and oxygen atoms in total. The molecule has 1 aromatic rings. The Labute approximate surface area is 152 Å². The minimum absolute atomic E-state index is 0.00957. The highest BCUT2D eigenvalue weighted by molar-refractivity contribution is 6.30. The standard InChI is InChI=1S/C18H23ClN2O4/c1-13(22)3-8-17(23)20-9-11-21(12-10-20)18(24)14(2)25-16-6-4-15(19)5-7-16/h4-7,14H,3,8-12H2,1-2H3. The minimum Gasteiger partial charge on any atom is -0.481 e. The number of ketones is 1. The van der Waals surface area contributed by atoms with Gasteiger partial charge in [-0.2, -0.15) is 0 Å². The zero-order valence-corrected chi connectivity index (χ0v) is 15.3. The van der Waals surface area contributed by atoms with Crippen molar-refractivity contribution in [2.24, 2.45) is 0 Å². The zero-order valence-electron chi connectivity index (χ0n) is 14.5. The van der Waals surface area contributed by atoms with Gasteiger partial charge in [-0.05, 0) is 38.1 Å². The van der Waals surface area contributed by atoms with Gasteiger partial charge in [0.15, 0.2) is 6.10 Å². The van der Waals surface area contributed by atoms with Crippen LogP contribution in [0.3, 0.4) is 0 Å². The molecule has 2 amide bonds. The second-order valence-electron chi connectivity index (χ2n) is 6.12. The van der Waals surface area contributed by atoms with E-state index < -0.39 is 6.10 Å². The maximum absolute atomic E-state index is 12.5. The van der Waals surface area contributed by atoms with Gasteiger partial charge in [-0.1, -0.05) is 11.6 Å². The molecule has 1 fully saturated rings. The first-order valence-corrected chi connectivity index (χ1v) is 8.73. The second-order valence-corrected chi connectivity index (χ2v) is 6.56.